The van der Waals surface area contributed by atoms with Gasteiger partial charge >= 0.3 is 5.51 Å². The molecular formula is C12H14F3NO2S. The van der Waals surface area contributed by atoms with Crippen LogP contribution < -0.4 is 4.90 Å². The van der Waals surface area contributed by atoms with Gasteiger partial charge in [-0.3, -0.25) is 0 Å². The van der Waals surface area contributed by atoms with E-state index in [0.717, 1.165) is 6.07 Å². The van der Waals surface area contributed by atoms with E-state index in [-0.39, 0.29) is 12.2 Å². The maximum atomic E-state index is 12.6. The number of hydrogen-bond acceptors (Lipinski definition) is 3. The number of hydrogen-bond donors (Lipinski definition) is 0. The fourth-order valence-corrected chi connectivity index (χ4v) is 2.62. The number of sulfone groups is 1. The maximum Gasteiger partial charge on any atom is 0.501 e. The first-order valence-corrected chi connectivity index (χ1v) is 6.81. The predicted molar refractivity (Wildman–Crippen MR) is 67.8 cm³/mol. The Hall–Kier alpha value is -1.50. The SMILES string of the molecule is C=C(C)CN(C)c1ccccc1S(=O)(=O)C(F)(F)F. The highest BCUT2D eigenvalue weighted by Crippen LogP contribution is 2.35. The van der Waals surface area contributed by atoms with Gasteiger partial charge in [0.1, 0.15) is 0 Å². The molecule has 0 fully saturated rings. The number of para-hydroxylation sites is 1. The quantitative estimate of drug-likeness (QED) is 0.801. The molecule has 0 saturated heterocycles. The normalized spacial score (nSPS) is 12.3. The third-order valence-corrected chi connectivity index (χ3v) is 3.91. The van der Waals surface area contributed by atoms with E-state index in [4.69, 9.17) is 0 Å². The summed E-state index contributed by atoms with van der Waals surface area (Å²) in [5, 5.41) is 0. The summed E-state index contributed by atoms with van der Waals surface area (Å²) in [5.74, 6) is 0. The van der Waals surface area contributed by atoms with E-state index in [1.165, 1.54) is 30.1 Å². The van der Waals surface area contributed by atoms with Gasteiger partial charge in [-0.2, -0.15) is 13.2 Å². The van der Waals surface area contributed by atoms with Gasteiger partial charge in [0.05, 0.1) is 10.6 Å². The predicted octanol–water partition coefficient (Wildman–Crippen LogP) is 2.99. The van der Waals surface area contributed by atoms with Gasteiger partial charge in [-0.05, 0) is 19.1 Å². The molecule has 0 aromatic heterocycles. The van der Waals surface area contributed by atoms with Crippen molar-refractivity contribution in [1.29, 1.82) is 0 Å². The molecule has 0 heterocycles. The van der Waals surface area contributed by atoms with Crippen LogP contribution in [0.3, 0.4) is 0 Å². The van der Waals surface area contributed by atoms with Crippen LogP contribution in [-0.4, -0.2) is 27.5 Å². The van der Waals surface area contributed by atoms with E-state index >= 15 is 0 Å². The van der Waals surface area contributed by atoms with Gasteiger partial charge in [-0.15, -0.1) is 0 Å². The smallest absolute Gasteiger partial charge is 0.370 e. The van der Waals surface area contributed by atoms with Crippen molar-refractivity contribution in [2.45, 2.75) is 17.3 Å². The number of halogens is 3. The van der Waals surface area contributed by atoms with Gasteiger partial charge in [-0.1, -0.05) is 24.3 Å². The molecule has 0 aliphatic heterocycles. The van der Waals surface area contributed by atoms with E-state index in [9.17, 15) is 21.6 Å². The Bertz CT molecular complexity index is 579. The van der Waals surface area contributed by atoms with Crippen LogP contribution in [0.25, 0.3) is 0 Å². The van der Waals surface area contributed by atoms with Gasteiger partial charge in [0.15, 0.2) is 0 Å². The molecule has 106 valence electrons. The minimum Gasteiger partial charge on any atom is -0.370 e. The van der Waals surface area contributed by atoms with Gasteiger partial charge in [0, 0.05) is 13.6 Å². The lowest BCUT2D eigenvalue weighted by atomic mass is 10.2. The third kappa shape index (κ3) is 3.28. The Kier molecular flexibility index (Phi) is 4.29. The highest BCUT2D eigenvalue weighted by Gasteiger charge is 2.48. The van der Waals surface area contributed by atoms with Crippen molar-refractivity contribution in [3.8, 4) is 0 Å². The molecule has 0 spiro atoms. The zero-order valence-electron chi connectivity index (χ0n) is 10.5. The highest BCUT2D eigenvalue weighted by atomic mass is 32.2. The number of anilines is 1. The Morgan fingerprint density at radius 2 is 1.84 bits per heavy atom. The molecule has 19 heavy (non-hydrogen) atoms. The minimum atomic E-state index is -5.36. The summed E-state index contributed by atoms with van der Waals surface area (Å²) in [6.07, 6.45) is 0. The molecule has 0 amide bonds. The summed E-state index contributed by atoms with van der Waals surface area (Å²) >= 11 is 0. The molecule has 0 bridgehead atoms. The van der Waals surface area contributed by atoms with E-state index < -0.39 is 20.2 Å². The number of alkyl halides is 3. The Labute approximate surface area is 110 Å². The maximum absolute atomic E-state index is 12.6. The molecule has 7 heteroatoms. The van der Waals surface area contributed by atoms with Crippen LogP contribution in [0.15, 0.2) is 41.3 Å². The second kappa shape index (κ2) is 5.24. The third-order valence-electron chi connectivity index (χ3n) is 2.38. The fraction of sp³-hybridized carbons (Fsp3) is 0.333. The molecular weight excluding hydrogens is 279 g/mol. The van der Waals surface area contributed by atoms with Crippen molar-refractivity contribution in [2.75, 3.05) is 18.5 Å². The van der Waals surface area contributed by atoms with Crippen molar-refractivity contribution in [3.05, 3.63) is 36.4 Å². The second-order valence-electron chi connectivity index (χ2n) is 4.23. The van der Waals surface area contributed by atoms with Crippen LogP contribution >= 0.6 is 0 Å². The van der Waals surface area contributed by atoms with Crippen LogP contribution in [0.1, 0.15) is 6.92 Å². The van der Waals surface area contributed by atoms with Crippen molar-refractivity contribution >= 4 is 15.5 Å². The van der Waals surface area contributed by atoms with Crippen molar-refractivity contribution in [2.24, 2.45) is 0 Å². The molecule has 1 aromatic carbocycles. The fourth-order valence-electron chi connectivity index (χ4n) is 1.61. The van der Waals surface area contributed by atoms with E-state index in [1.54, 1.807) is 6.92 Å². The lowest BCUT2D eigenvalue weighted by Gasteiger charge is -2.22. The first-order chi connectivity index (χ1) is 8.57. The highest BCUT2D eigenvalue weighted by molar-refractivity contribution is 7.92. The molecule has 0 aliphatic carbocycles. The number of benzene rings is 1. The van der Waals surface area contributed by atoms with Crippen LogP contribution in [0.4, 0.5) is 18.9 Å². The second-order valence-corrected chi connectivity index (χ2v) is 6.14. The average Bonchev–Trinajstić information content (AvgIpc) is 2.26. The largest absolute Gasteiger partial charge is 0.501 e. The average molecular weight is 293 g/mol. The van der Waals surface area contributed by atoms with E-state index in [2.05, 4.69) is 6.58 Å². The Balaban J connectivity index is 3.36. The van der Waals surface area contributed by atoms with Crippen LogP contribution in [0.2, 0.25) is 0 Å². The molecule has 1 rings (SSSR count). The summed E-state index contributed by atoms with van der Waals surface area (Å²) < 4.78 is 60.8. The van der Waals surface area contributed by atoms with Gasteiger partial charge in [-0.25, -0.2) is 8.42 Å². The van der Waals surface area contributed by atoms with Crippen LogP contribution in [0, 0.1) is 0 Å². The van der Waals surface area contributed by atoms with E-state index in [0.29, 0.717) is 5.57 Å². The first kappa shape index (κ1) is 15.6. The molecule has 0 atom stereocenters. The number of nitrogens with zero attached hydrogens (tertiary/aromatic N) is 1. The Morgan fingerprint density at radius 1 is 1.32 bits per heavy atom. The zero-order chi connectivity index (χ0) is 14.8. The standard InChI is InChI=1S/C12H14F3NO2S/c1-9(2)8-16(3)10-6-4-5-7-11(10)19(17,18)12(13,14)15/h4-7H,1,8H2,2-3H3. The summed E-state index contributed by atoms with van der Waals surface area (Å²) in [7, 11) is -3.85. The number of rotatable bonds is 4. The molecule has 0 N–H and O–H groups in total. The van der Waals surface area contributed by atoms with Gasteiger partial charge < -0.3 is 4.90 Å². The van der Waals surface area contributed by atoms with Crippen molar-refractivity contribution in [3.63, 3.8) is 0 Å². The van der Waals surface area contributed by atoms with Gasteiger partial charge in [0.25, 0.3) is 9.84 Å². The van der Waals surface area contributed by atoms with Crippen molar-refractivity contribution in [1.82, 2.24) is 0 Å². The molecule has 0 unspecified atom stereocenters. The lowest BCUT2D eigenvalue weighted by molar-refractivity contribution is -0.0435. The van der Waals surface area contributed by atoms with E-state index in [1.807, 2.05) is 0 Å². The molecule has 0 radical (unpaired) electrons. The topological polar surface area (TPSA) is 37.4 Å². The summed E-state index contributed by atoms with van der Waals surface area (Å²) in [4.78, 5) is 0.673. The minimum absolute atomic E-state index is 0.00262. The van der Waals surface area contributed by atoms with Crippen molar-refractivity contribution < 1.29 is 21.6 Å². The van der Waals surface area contributed by atoms with Gasteiger partial charge in [0.2, 0.25) is 0 Å². The summed E-state index contributed by atoms with van der Waals surface area (Å²) in [6, 6.07) is 5.03. The first-order valence-electron chi connectivity index (χ1n) is 5.33. The molecule has 0 saturated carbocycles. The summed E-state index contributed by atoms with van der Waals surface area (Å²) in [6.45, 7) is 5.62. The Morgan fingerprint density at radius 3 is 2.32 bits per heavy atom. The lowest BCUT2D eigenvalue weighted by Crippen LogP contribution is -2.27. The van der Waals surface area contributed by atoms with Crippen LogP contribution in [0.5, 0.6) is 0 Å². The molecule has 3 nitrogen and oxygen atoms in total. The zero-order valence-corrected chi connectivity index (χ0v) is 11.3. The van der Waals surface area contributed by atoms with Crippen LogP contribution in [-0.2, 0) is 9.84 Å². The molecule has 0 aliphatic rings. The molecule has 1 aromatic rings. The summed E-state index contributed by atoms with van der Waals surface area (Å²) in [5.41, 5.74) is -4.60. The number of likely N-dealkylation sites (N-methyl/N-ethyl adjacent to an activating group) is 1. The monoisotopic (exact) mass is 293 g/mol.